The van der Waals surface area contributed by atoms with Crippen LogP contribution in [0.15, 0.2) is 115 Å². The highest BCUT2D eigenvalue weighted by Crippen LogP contribution is 2.30. The van der Waals surface area contributed by atoms with Crippen LogP contribution in [-0.4, -0.2) is 10.7 Å². The van der Waals surface area contributed by atoms with Crippen molar-refractivity contribution in [2.45, 2.75) is 25.9 Å². The molecule has 3 aromatic rings. The Morgan fingerprint density at radius 1 is 0.806 bits per heavy atom. The van der Waals surface area contributed by atoms with Gasteiger partial charge in [0.15, 0.2) is 0 Å². The minimum absolute atomic E-state index is 0.678. The first-order valence-electron chi connectivity index (χ1n) is 10.5. The quantitative estimate of drug-likeness (QED) is 0.349. The van der Waals surface area contributed by atoms with Crippen LogP contribution in [0.3, 0.4) is 0 Å². The zero-order chi connectivity index (χ0) is 22.1. The monoisotopic (exact) mass is 404 g/mol. The van der Waals surface area contributed by atoms with Crippen molar-refractivity contribution in [3.63, 3.8) is 0 Å². The summed E-state index contributed by atoms with van der Waals surface area (Å²) < 4.78 is 0. The van der Waals surface area contributed by atoms with Crippen molar-refractivity contribution >= 4 is 11.1 Å². The smallest absolute Gasteiger partial charge is 0.148 e. The van der Waals surface area contributed by atoms with Crippen LogP contribution in [0.4, 0.5) is 0 Å². The van der Waals surface area contributed by atoms with Gasteiger partial charge in [0.05, 0.1) is 0 Å². The summed E-state index contributed by atoms with van der Waals surface area (Å²) in [4.78, 5) is 0. The van der Waals surface area contributed by atoms with Gasteiger partial charge in [0, 0.05) is 6.42 Å². The molecule has 0 aliphatic rings. The molecule has 31 heavy (non-hydrogen) atoms. The molecule has 1 unspecified atom stereocenters. The molecule has 3 rings (SSSR count). The van der Waals surface area contributed by atoms with E-state index in [-0.39, 0.29) is 0 Å². The lowest BCUT2D eigenvalue weighted by molar-refractivity contribution is 0.165. The fourth-order valence-electron chi connectivity index (χ4n) is 3.30. The van der Waals surface area contributed by atoms with E-state index in [9.17, 15) is 5.11 Å². The van der Waals surface area contributed by atoms with Gasteiger partial charge in [-0.2, -0.15) is 0 Å². The fraction of sp³-hybridized carbons (Fsp3) is 0.133. The van der Waals surface area contributed by atoms with Gasteiger partial charge in [-0.3, -0.25) is 0 Å². The Hall–Kier alpha value is -3.60. The zero-order valence-corrected chi connectivity index (χ0v) is 18.2. The molecule has 1 heteroatoms. The van der Waals surface area contributed by atoms with E-state index in [2.05, 4.69) is 42.7 Å². The topological polar surface area (TPSA) is 20.2 Å². The second-order valence-electron chi connectivity index (χ2n) is 7.51. The molecule has 0 radical (unpaired) electrons. The first-order chi connectivity index (χ1) is 15.0. The Bertz CT molecular complexity index is 1080. The second kappa shape index (κ2) is 10.4. The molecule has 1 N–H and O–H groups in total. The van der Waals surface area contributed by atoms with E-state index in [1.807, 2.05) is 85.8 Å². The molecule has 1 nitrogen and oxygen atoms in total. The van der Waals surface area contributed by atoms with E-state index in [1.165, 1.54) is 0 Å². The Morgan fingerprint density at radius 3 is 1.71 bits per heavy atom. The first-order valence-corrected chi connectivity index (χ1v) is 10.5. The molecule has 0 fully saturated rings. The predicted molar refractivity (Wildman–Crippen MR) is 132 cm³/mol. The molecule has 154 valence electrons. The summed E-state index contributed by atoms with van der Waals surface area (Å²) in [6.45, 7) is 7.96. The Morgan fingerprint density at radius 2 is 1.26 bits per heavy atom. The van der Waals surface area contributed by atoms with Crippen LogP contribution in [0.25, 0.3) is 11.1 Å². The van der Waals surface area contributed by atoms with Crippen LogP contribution < -0.4 is 0 Å². The van der Waals surface area contributed by atoms with Crippen molar-refractivity contribution in [3.05, 3.63) is 132 Å². The van der Waals surface area contributed by atoms with E-state index >= 15 is 0 Å². The van der Waals surface area contributed by atoms with Crippen LogP contribution in [0.5, 0.6) is 0 Å². The lowest BCUT2D eigenvalue weighted by Crippen LogP contribution is -2.24. The average molecular weight is 405 g/mol. The zero-order valence-electron chi connectivity index (χ0n) is 18.2. The summed E-state index contributed by atoms with van der Waals surface area (Å²) in [5, 5.41) is 11.3. The van der Waals surface area contributed by atoms with Gasteiger partial charge in [-0.05, 0) is 52.5 Å². The molecule has 0 bridgehead atoms. The molecule has 0 aliphatic carbocycles. The summed E-state index contributed by atoms with van der Waals surface area (Å²) >= 11 is 0. The number of hydrogen-bond acceptors (Lipinski definition) is 1. The minimum Gasteiger partial charge on any atom is -0.374 e. The standard InChI is InChI=1S/C30H28O/c1-4-5-21-30(3,31)28(22-24(2)25-15-9-6-10-16-25)23-29(26-17-11-7-12-18-26)27-19-13-8-14-20-27/h6-20,22-23,31H,2,4H2,1,3H3/b28-22-. The molecule has 3 aromatic carbocycles. The van der Waals surface area contributed by atoms with Gasteiger partial charge in [-0.25, -0.2) is 0 Å². The molecule has 0 saturated carbocycles. The van der Waals surface area contributed by atoms with Gasteiger partial charge in [0.25, 0.3) is 0 Å². The summed E-state index contributed by atoms with van der Waals surface area (Å²) in [7, 11) is 0. The van der Waals surface area contributed by atoms with Crippen molar-refractivity contribution < 1.29 is 5.11 Å². The van der Waals surface area contributed by atoms with Crippen LogP contribution in [-0.2, 0) is 0 Å². The molecule has 1 atom stereocenters. The molecule has 0 aliphatic heterocycles. The van der Waals surface area contributed by atoms with E-state index < -0.39 is 5.60 Å². The van der Waals surface area contributed by atoms with Gasteiger partial charge in [0.2, 0.25) is 0 Å². The van der Waals surface area contributed by atoms with Crippen molar-refractivity contribution in [1.82, 2.24) is 0 Å². The van der Waals surface area contributed by atoms with Crippen molar-refractivity contribution in [2.75, 3.05) is 0 Å². The fourth-order valence-corrected chi connectivity index (χ4v) is 3.30. The number of aliphatic hydroxyl groups is 1. The Labute approximate surface area is 186 Å². The maximum atomic E-state index is 11.3. The van der Waals surface area contributed by atoms with Gasteiger partial charge >= 0.3 is 0 Å². The van der Waals surface area contributed by atoms with Crippen molar-refractivity contribution in [1.29, 1.82) is 0 Å². The van der Waals surface area contributed by atoms with E-state index in [4.69, 9.17) is 0 Å². The van der Waals surface area contributed by atoms with E-state index in [0.717, 1.165) is 27.8 Å². The summed E-state index contributed by atoms with van der Waals surface area (Å²) in [6, 6.07) is 30.4. The normalized spacial score (nSPS) is 12.8. The maximum absolute atomic E-state index is 11.3. The lowest BCUT2D eigenvalue weighted by Gasteiger charge is -2.21. The molecule has 0 amide bonds. The van der Waals surface area contributed by atoms with E-state index in [1.54, 1.807) is 6.92 Å². The van der Waals surface area contributed by atoms with Gasteiger partial charge in [-0.15, -0.1) is 5.92 Å². The SMILES string of the molecule is C=C(/C=C(/C=C(c1ccccc1)c1ccccc1)C(C)(O)C#CCC)c1ccccc1. The molecule has 0 saturated heterocycles. The first kappa shape index (κ1) is 22.1. The molecule has 0 spiro atoms. The van der Waals surface area contributed by atoms with Crippen LogP contribution in [0.1, 0.15) is 37.0 Å². The van der Waals surface area contributed by atoms with E-state index in [0.29, 0.717) is 12.0 Å². The number of rotatable bonds is 6. The molecular weight excluding hydrogens is 376 g/mol. The largest absolute Gasteiger partial charge is 0.374 e. The van der Waals surface area contributed by atoms with Crippen molar-refractivity contribution in [3.8, 4) is 11.8 Å². The number of benzene rings is 3. The lowest BCUT2D eigenvalue weighted by atomic mass is 9.88. The van der Waals surface area contributed by atoms with Gasteiger partial charge < -0.3 is 5.11 Å². The third kappa shape index (κ3) is 5.95. The highest BCUT2D eigenvalue weighted by Gasteiger charge is 2.23. The van der Waals surface area contributed by atoms with Crippen LogP contribution in [0, 0.1) is 11.8 Å². The number of hydrogen-bond donors (Lipinski definition) is 1. The third-order valence-electron chi connectivity index (χ3n) is 5.01. The van der Waals surface area contributed by atoms with Crippen LogP contribution in [0.2, 0.25) is 0 Å². The van der Waals surface area contributed by atoms with Crippen molar-refractivity contribution in [2.24, 2.45) is 0 Å². The maximum Gasteiger partial charge on any atom is 0.148 e. The highest BCUT2D eigenvalue weighted by molar-refractivity contribution is 5.83. The summed E-state index contributed by atoms with van der Waals surface area (Å²) in [6.07, 6.45) is 4.64. The summed E-state index contributed by atoms with van der Waals surface area (Å²) in [5.41, 5.74) is 4.38. The average Bonchev–Trinajstić information content (AvgIpc) is 2.82. The minimum atomic E-state index is -1.32. The highest BCUT2D eigenvalue weighted by atomic mass is 16.3. The molecule has 0 aromatic heterocycles. The third-order valence-corrected chi connectivity index (χ3v) is 5.01. The number of allylic oxidation sites excluding steroid dienone is 2. The summed E-state index contributed by atoms with van der Waals surface area (Å²) in [5.74, 6) is 6.06. The Kier molecular flexibility index (Phi) is 7.44. The van der Waals surface area contributed by atoms with Gasteiger partial charge in [0.1, 0.15) is 5.60 Å². The second-order valence-corrected chi connectivity index (χ2v) is 7.51. The molecule has 0 heterocycles. The Balaban J connectivity index is 2.20. The van der Waals surface area contributed by atoms with Crippen LogP contribution >= 0.6 is 0 Å². The predicted octanol–water partition coefficient (Wildman–Crippen LogP) is 6.92. The van der Waals surface area contributed by atoms with Gasteiger partial charge in [-0.1, -0.05) is 110 Å². The molecular formula is C30H28O.